The van der Waals surface area contributed by atoms with Crippen LogP contribution in [0.3, 0.4) is 0 Å². The summed E-state index contributed by atoms with van der Waals surface area (Å²) >= 11 is 2.90. The van der Waals surface area contributed by atoms with Crippen molar-refractivity contribution in [2.75, 3.05) is 19.6 Å². The maximum Gasteiger partial charge on any atom is 0.407 e. The lowest BCUT2D eigenvalue weighted by atomic mass is 10.0. The molecule has 2 amide bonds. The van der Waals surface area contributed by atoms with E-state index in [1.807, 2.05) is 36.4 Å². The van der Waals surface area contributed by atoms with Crippen LogP contribution in [0.4, 0.5) is 9.59 Å². The van der Waals surface area contributed by atoms with Gasteiger partial charge in [-0.05, 0) is 36.9 Å². The minimum Gasteiger partial charge on any atom is -0.444 e. The van der Waals surface area contributed by atoms with E-state index in [-0.39, 0.29) is 25.3 Å². The Morgan fingerprint density at radius 3 is 1.63 bits per heavy atom. The molecule has 0 saturated heterocycles. The van der Waals surface area contributed by atoms with E-state index < -0.39 is 12.2 Å². The maximum absolute atomic E-state index is 12.9. The van der Waals surface area contributed by atoms with E-state index in [1.165, 1.54) is 22.7 Å². The van der Waals surface area contributed by atoms with Gasteiger partial charge < -0.3 is 20.1 Å². The van der Waals surface area contributed by atoms with Gasteiger partial charge in [-0.3, -0.25) is 14.9 Å². The molecule has 2 atom stereocenters. The fraction of sp³-hybridized carbons (Fsp3) is 0.375. The number of rotatable bonds is 17. The molecular weight excluding hydrogens is 583 g/mol. The number of hydrogen-bond acceptors (Lipinski definition) is 9. The summed E-state index contributed by atoms with van der Waals surface area (Å²) in [5, 5.41) is 6.20. The highest BCUT2D eigenvalue weighted by molar-refractivity contribution is 7.09. The average Bonchev–Trinajstić information content (AvgIpc) is 3.74. The lowest BCUT2D eigenvalue weighted by Gasteiger charge is -2.31. The molecule has 228 valence electrons. The summed E-state index contributed by atoms with van der Waals surface area (Å²) in [5.41, 5.74) is 5.68. The second kappa shape index (κ2) is 18.0. The van der Waals surface area contributed by atoms with Crippen molar-refractivity contribution in [1.82, 2.24) is 25.5 Å². The van der Waals surface area contributed by atoms with Crippen molar-refractivity contribution in [2.45, 2.75) is 57.9 Å². The number of aromatic nitrogens is 2. The summed E-state index contributed by atoms with van der Waals surface area (Å²) in [6, 6.07) is 19.8. The maximum atomic E-state index is 12.9. The van der Waals surface area contributed by atoms with Crippen LogP contribution < -0.4 is 10.6 Å². The molecule has 2 aromatic carbocycles. The van der Waals surface area contributed by atoms with Gasteiger partial charge >= 0.3 is 12.2 Å². The molecule has 0 unspecified atom stereocenters. The zero-order valence-electron chi connectivity index (χ0n) is 24.4. The Bertz CT molecular complexity index is 1220. The molecule has 2 heterocycles. The largest absolute Gasteiger partial charge is 0.444 e. The highest BCUT2D eigenvalue weighted by atomic mass is 32.1. The number of thiazole rings is 2. The normalized spacial score (nSPS) is 12.4. The van der Waals surface area contributed by atoms with E-state index in [0.29, 0.717) is 25.9 Å². The van der Waals surface area contributed by atoms with E-state index in [0.717, 1.165) is 40.3 Å². The molecule has 9 nitrogen and oxygen atoms in total. The Balaban J connectivity index is 1.45. The smallest absolute Gasteiger partial charge is 0.407 e. The van der Waals surface area contributed by atoms with Crippen molar-refractivity contribution in [3.05, 3.63) is 105 Å². The Morgan fingerprint density at radius 1 is 0.767 bits per heavy atom. The van der Waals surface area contributed by atoms with Gasteiger partial charge in [0.25, 0.3) is 0 Å². The lowest BCUT2D eigenvalue weighted by molar-refractivity contribution is 0.126. The Morgan fingerprint density at radius 2 is 1.23 bits per heavy atom. The minimum atomic E-state index is -0.463. The SMILES string of the molecule is CCCCN(C[C@@H](Cc1ccccc1)NC(=O)OCc1cncs1)C[C@@H](Cc1ccccc1)NC(=O)OCc1cncs1. The van der Waals surface area contributed by atoms with Crippen LogP contribution in [0.15, 0.2) is 84.1 Å². The van der Waals surface area contributed by atoms with Crippen molar-refractivity contribution in [3.8, 4) is 0 Å². The van der Waals surface area contributed by atoms with Gasteiger partial charge in [0.2, 0.25) is 0 Å². The quantitative estimate of drug-likeness (QED) is 0.147. The summed E-state index contributed by atoms with van der Waals surface area (Å²) in [6.45, 7) is 4.52. The van der Waals surface area contributed by atoms with Crippen LogP contribution in [0.1, 0.15) is 40.6 Å². The number of carbonyl (C=O) groups excluding carboxylic acids is 2. The number of nitrogens with zero attached hydrogens (tertiary/aromatic N) is 3. The highest BCUT2D eigenvalue weighted by Crippen LogP contribution is 2.12. The van der Waals surface area contributed by atoms with E-state index >= 15 is 0 Å². The van der Waals surface area contributed by atoms with Crippen LogP contribution in [-0.2, 0) is 35.5 Å². The number of hydrogen-bond donors (Lipinski definition) is 2. The van der Waals surface area contributed by atoms with Gasteiger partial charge in [-0.15, -0.1) is 22.7 Å². The van der Waals surface area contributed by atoms with Crippen LogP contribution in [0, 0.1) is 0 Å². The molecule has 0 fully saturated rings. The third kappa shape index (κ3) is 12.1. The molecule has 0 bridgehead atoms. The van der Waals surface area contributed by atoms with Crippen molar-refractivity contribution in [1.29, 1.82) is 0 Å². The molecule has 4 rings (SSSR count). The summed E-state index contributed by atoms with van der Waals surface area (Å²) in [4.78, 5) is 37.9. The van der Waals surface area contributed by atoms with E-state index in [1.54, 1.807) is 23.4 Å². The molecule has 4 aromatic rings. The van der Waals surface area contributed by atoms with Gasteiger partial charge in [0, 0.05) is 37.6 Å². The van der Waals surface area contributed by atoms with Gasteiger partial charge in [-0.1, -0.05) is 74.0 Å². The number of benzene rings is 2. The van der Waals surface area contributed by atoms with E-state index in [4.69, 9.17) is 9.47 Å². The lowest BCUT2D eigenvalue weighted by Crippen LogP contribution is -2.50. The second-order valence-corrected chi connectivity index (χ2v) is 12.2. The van der Waals surface area contributed by atoms with Crippen molar-refractivity contribution in [2.24, 2.45) is 0 Å². The van der Waals surface area contributed by atoms with Crippen molar-refractivity contribution >= 4 is 34.9 Å². The molecule has 0 aliphatic rings. The molecule has 2 aromatic heterocycles. The number of unbranched alkanes of at least 4 members (excludes halogenated alkanes) is 1. The van der Waals surface area contributed by atoms with E-state index in [2.05, 4.69) is 56.7 Å². The van der Waals surface area contributed by atoms with Gasteiger partial charge in [-0.25, -0.2) is 9.59 Å². The molecule has 0 aliphatic carbocycles. The number of alkyl carbamates (subject to hydrolysis) is 2. The van der Waals surface area contributed by atoms with Crippen molar-refractivity contribution in [3.63, 3.8) is 0 Å². The van der Waals surface area contributed by atoms with Crippen LogP contribution in [0.2, 0.25) is 0 Å². The molecule has 2 N–H and O–H groups in total. The number of carbonyl (C=O) groups is 2. The monoisotopic (exact) mass is 621 g/mol. The number of nitrogens with one attached hydrogen (secondary N) is 2. The molecule has 0 saturated carbocycles. The molecule has 43 heavy (non-hydrogen) atoms. The van der Waals surface area contributed by atoms with Crippen LogP contribution in [-0.4, -0.2) is 58.8 Å². The molecular formula is C32H39N5O4S2. The fourth-order valence-electron chi connectivity index (χ4n) is 4.70. The summed E-state index contributed by atoms with van der Waals surface area (Å²) in [5.74, 6) is 0. The Hall–Kier alpha value is -3.80. The molecule has 0 spiro atoms. The summed E-state index contributed by atoms with van der Waals surface area (Å²) < 4.78 is 11.0. The first-order chi connectivity index (χ1) is 21.1. The summed E-state index contributed by atoms with van der Waals surface area (Å²) in [6.07, 6.45) is 5.78. The molecule has 0 radical (unpaired) electrons. The van der Waals surface area contributed by atoms with E-state index in [9.17, 15) is 9.59 Å². The minimum absolute atomic E-state index is 0.181. The molecule has 11 heteroatoms. The van der Waals surface area contributed by atoms with Gasteiger partial charge in [0.1, 0.15) is 13.2 Å². The Labute approximate surface area is 261 Å². The zero-order chi connectivity index (χ0) is 30.1. The topological polar surface area (TPSA) is 106 Å². The first-order valence-corrected chi connectivity index (χ1v) is 16.2. The number of ether oxygens (including phenoxy) is 2. The molecule has 0 aliphatic heterocycles. The fourth-order valence-corrected chi connectivity index (χ4v) is 5.71. The second-order valence-electron chi connectivity index (χ2n) is 10.3. The first kappa shape index (κ1) is 32.1. The average molecular weight is 622 g/mol. The summed E-state index contributed by atoms with van der Waals surface area (Å²) in [7, 11) is 0. The van der Waals surface area contributed by atoms with Gasteiger partial charge in [0.05, 0.1) is 20.8 Å². The predicted octanol–water partition coefficient (Wildman–Crippen LogP) is 6.08. The standard InChI is InChI=1S/C32H39N5O4S2/c1-2-3-14-37(19-27(15-25-10-6-4-7-11-25)35-31(38)40-21-29-17-33-23-42-29)20-28(16-26-12-8-5-9-13-26)36-32(39)41-22-30-18-34-24-43-30/h4-13,17-18,23-24,27-28H,2-3,14-16,19-22H2,1H3,(H,35,38)(H,36,39)/t27-,28-/m1/s1. The van der Waals surface area contributed by atoms with Gasteiger partial charge in [0.15, 0.2) is 0 Å². The number of amides is 2. The van der Waals surface area contributed by atoms with Crippen LogP contribution in [0.25, 0.3) is 0 Å². The predicted molar refractivity (Wildman–Crippen MR) is 170 cm³/mol. The third-order valence-electron chi connectivity index (χ3n) is 6.74. The highest BCUT2D eigenvalue weighted by Gasteiger charge is 2.23. The van der Waals surface area contributed by atoms with Gasteiger partial charge in [-0.2, -0.15) is 0 Å². The Kier molecular flexibility index (Phi) is 13.4. The van der Waals surface area contributed by atoms with Crippen LogP contribution in [0.5, 0.6) is 0 Å². The van der Waals surface area contributed by atoms with Crippen LogP contribution >= 0.6 is 22.7 Å². The first-order valence-electron chi connectivity index (χ1n) is 14.5. The van der Waals surface area contributed by atoms with Crippen molar-refractivity contribution < 1.29 is 19.1 Å². The third-order valence-corrected chi connectivity index (χ3v) is 8.24. The zero-order valence-corrected chi connectivity index (χ0v) is 26.0.